The Bertz CT molecular complexity index is 833. The molecule has 1 aliphatic rings. The van der Waals surface area contributed by atoms with E-state index in [9.17, 15) is 18.0 Å². The van der Waals surface area contributed by atoms with Gasteiger partial charge < -0.3 is 10.4 Å². The maximum atomic E-state index is 14.0. The Labute approximate surface area is 137 Å². The largest absolute Gasteiger partial charge is 0.465 e. The lowest BCUT2D eigenvalue weighted by Crippen LogP contribution is -2.34. The number of hydrogen-bond donors (Lipinski definition) is 2. The molecule has 0 aromatic heterocycles. The zero-order chi connectivity index (χ0) is 17.6. The quantitative estimate of drug-likeness (QED) is 0.784. The molecule has 1 amide bonds. The van der Waals surface area contributed by atoms with Crippen molar-refractivity contribution in [3.8, 4) is 11.1 Å². The average Bonchev–Trinajstić information content (AvgIpc) is 2.72. The molecule has 6 heteroatoms. The summed E-state index contributed by atoms with van der Waals surface area (Å²) < 4.78 is 40.5. The van der Waals surface area contributed by atoms with Crippen molar-refractivity contribution in [2.24, 2.45) is 5.41 Å². The number of amides is 1. The molecule has 0 spiro atoms. The molecule has 3 nitrogen and oxygen atoms in total. The highest BCUT2D eigenvalue weighted by molar-refractivity contribution is 5.69. The van der Waals surface area contributed by atoms with Crippen LogP contribution >= 0.6 is 0 Å². The second-order valence-corrected chi connectivity index (χ2v) is 6.71. The van der Waals surface area contributed by atoms with Gasteiger partial charge in [0.25, 0.3) is 0 Å². The highest BCUT2D eigenvalue weighted by atomic mass is 19.2. The number of carboxylic acid groups (broad SMARTS) is 1. The third-order valence-corrected chi connectivity index (χ3v) is 4.47. The minimum atomic E-state index is -1.23. The van der Waals surface area contributed by atoms with Crippen molar-refractivity contribution in [3.05, 3.63) is 58.9 Å². The van der Waals surface area contributed by atoms with E-state index in [2.05, 4.69) is 5.32 Å². The number of halogens is 3. The standard InChI is InChI=1S/C18H16F3NO2/c1-18(2)8-10-5-9(3-4-11(10)16(18)22-17(23)24)12-6-14(20)15(21)7-13(12)19/h3-7,16,22H,8H2,1-2H3,(H,23,24). The van der Waals surface area contributed by atoms with Crippen LogP contribution in [0.4, 0.5) is 18.0 Å². The fourth-order valence-corrected chi connectivity index (χ4v) is 3.36. The first-order valence-electron chi connectivity index (χ1n) is 7.46. The predicted molar refractivity (Wildman–Crippen MR) is 83.1 cm³/mol. The van der Waals surface area contributed by atoms with Gasteiger partial charge in [-0.15, -0.1) is 0 Å². The Hall–Kier alpha value is -2.50. The molecule has 1 unspecified atom stereocenters. The molecule has 24 heavy (non-hydrogen) atoms. The van der Waals surface area contributed by atoms with E-state index in [1.54, 1.807) is 18.2 Å². The minimum absolute atomic E-state index is 0.0239. The summed E-state index contributed by atoms with van der Waals surface area (Å²) in [4.78, 5) is 11.0. The van der Waals surface area contributed by atoms with Gasteiger partial charge >= 0.3 is 6.09 Å². The van der Waals surface area contributed by atoms with Crippen LogP contribution in [0.1, 0.15) is 31.0 Å². The van der Waals surface area contributed by atoms with Gasteiger partial charge in [0, 0.05) is 11.6 Å². The van der Waals surface area contributed by atoms with Gasteiger partial charge in [-0.3, -0.25) is 0 Å². The summed E-state index contributed by atoms with van der Waals surface area (Å²) in [5, 5.41) is 11.5. The van der Waals surface area contributed by atoms with E-state index in [4.69, 9.17) is 5.11 Å². The van der Waals surface area contributed by atoms with Crippen LogP contribution in [0, 0.1) is 22.9 Å². The smallest absolute Gasteiger partial charge is 0.405 e. The fourth-order valence-electron chi connectivity index (χ4n) is 3.36. The first-order chi connectivity index (χ1) is 11.2. The van der Waals surface area contributed by atoms with Crippen molar-refractivity contribution >= 4 is 6.09 Å². The van der Waals surface area contributed by atoms with E-state index in [0.29, 0.717) is 18.1 Å². The van der Waals surface area contributed by atoms with E-state index in [-0.39, 0.29) is 17.0 Å². The number of carbonyl (C=O) groups is 1. The van der Waals surface area contributed by atoms with Crippen LogP contribution in [-0.4, -0.2) is 11.2 Å². The molecule has 0 bridgehead atoms. The summed E-state index contributed by atoms with van der Waals surface area (Å²) in [6.45, 7) is 3.87. The SMILES string of the molecule is CC1(C)Cc2cc(-c3cc(F)c(F)cc3F)ccc2C1NC(=O)O. The van der Waals surface area contributed by atoms with Crippen LogP contribution in [0.2, 0.25) is 0 Å². The number of benzene rings is 2. The number of rotatable bonds is 2. The molecular formula is C18H16F3NO2. The lowest BCUT2D eigenvalue weighted by Gasteiger charge is -2.27. The summed E-state index contributed by atoms with van der Waals surface area (Å²) in [5.74, 6) is -3.19. The molecule has 3 rings (SSSR count). The molecule has 0 saturated carbocycles. The van der Waals surface area contributed by atoms with Crippen LogP contribution < -0.4 is 5.32 Å². The van der Waals surface area contributed by atoms with E-state index in [0.717, 1.165) is 17.2 Å². The molecule has 0 radical (unpaired) electrons. The molecule has 126 valence electrons. The predicted octanol–water partition coefficient (Wildman–Crippen LogP) is 4.66. The lowest BCUT2D eigenvalue weighted by molar-refractivity contribution is 0.175. The zero-order valence-corrected chi connectivity index (χ0v) is 13.2. The third kappa shape index (κ3) is 2.72. The Morgan fingerprint density at radius 3 is 2.46 bits per heavy atom. The molecule has 0 saturated heterocycles. The topological polar surface area (TPSA) is 49.3 Å². The summed E-state index contributed by atoms with van der Waals surface area (Å²) in [5.41, 5.74) is 1.74. The summed E-state index contributed by atoms with van der Waals surface area (Å²) in [6.07, 6.45) is -0.525. The van der Waals surface area contributed by atoms with Gasteiger partial charge in [-0.2, -0.15) is 0 Å². The number of nitrogens with one attached hydrogen (secondary N) is 1. The lowest BCUT2D eigenvalue weighted by atomic mass is 9.85. The molecule has 2 aromatic carbocycles. The van der Waals surface area contributed by atoms with Gasteiger partial charge in [-0.25, -0.2) is 18.0 Å². The maximum Gasteiger partial charge on any atom is 0.405 e. The van der Waals surface area contributed by atoms with Crippen molar-refractivity contribution in [1.29, 1.82) is 0 Å². The highest BCUT2D eigenvalue weighted by Crippen LogP contribution is 2.46. The van der Waals surface area contributed by atoms with E-state index in [1.165, 1.54) is 0 Å². The van der Waals surface area contributed by atoms with Crippen molar-refractivity contribution < 1.29 is 23.1 Å². The Morgan fingerprint density at radius 2 is 1.79 bits per heavy atom. The first-order valence-corrected chi connectivity index (χ1v) is 7.46. The van der Waals surface area contributed by atoms with Crippen LogP contribution in [0.15, 0.2) is 30.3 Å². The fraction of sp³-hybridized carbons (Fsp3) is 0.278. The molecule has 0 fully saturated rings. The molecule has 1 aliphatic carbocycles. The molecule has 0 heterocycles. The van der Waals surface area contributed by atoms with Crippen LogP contribution in [0.5, 0.6) is 0 Å². The number of hydrogen-bond acceptors (Lipinski definition) is 1. The van der Waals surface area contributed by atoms with Crippen molar-refractivity contribution in [2.75, 3.05) is 0 Å². The molecule has 0 aliphatic heterocycles. The van der Waals surface area contributed by atoms with Crippen LogP contribution in [0.25, 0.3) is 11.1 Å². The van der Waals surface area contributed by atoms with Gasteiger partial charge in [-0.05, 0) is 34.6 Å². The third-order valence-electron chi connectivity index (χ3n) is 4.47. The first kappa shape index (κ1) is 16.4. The van der Waals surface area contributed by atoms with Gasteiger partial charge in [0.1, 0.15) is 5.82 Å². The van der Waals surface area contributed by atoms with E-state index >= 15 is 0 Å². The molecule has 1 atom stereocenters. The van der Waals surface area contributed by atoms with Crippen LogP contribution in [-0.2, 0) is 6.42 Å². The van der Waals surface area contributed by atoms with Crippen LogP contribution in [0.3, 0.4) is 0 Å². The van der Waals surface area contributed by atoms with E-state index in [1.807, 2.05) is 13.8 Å². The molecule has 2 N–H and O–H groups in total. The van der Waals surface area contributed by atoms with Crippen molar-refractivity contribution in [2.45, 2.75) is 26.3 Å². The maximum absolute atomic E-state index is 14.0. The summed E-state index contributed by atoms with van der Waals surface area (Å²) >= 11 is 0. The number of fused-ring (bicyclic) bond motifs is 1. The monoisotopic (exact) mass is 335 g/mol. The minimum Gasteiger partial charge on any atom is -0.465 e. The van der Waals surface area contributed by atoms with Crippen molar-refractivity contribution in [1.82, 2.24) is 5.32 Å². The van der Waals surface area contributed by atoms with E-state index < -0.39 is 23.5 Å². The zero-order valence-electron chi connectivity index (χ0n) is 13.2. The van der Waals surface area contributed by atoms with Gasteiger partial charge in [-0.1, -0.05) is 32.0 Å². The van der Waals surface area contributed by atoms with Gasteiger partial charge in [0.15, 0.2) is 11.6 Å². The normalized spacial score (nSPS) is 18.3. The van der Waals surface area contributed by atoms with Gasteiger partial charge in [0.2, 0.25) is 0 Å². The van der Waals surface area contributed by atoms with Crippen molar-refractivity contribution in [3.63, 3.8) is 0 Å². The average molecular weight is 335 g/mol. The second-order valence-electron chi connectivity index (χ2n) is 6.71. The second kappa shape index (κ2) is 5.54. The molecular weight excluding hydrogens is 319 g/mol. The van der Waals surface area contributed by atoms with Gasteiger partial charge in [0.05, 0.1) is 6.04 Å². The Balaban J connectivity index is 2.05. The summed E-state index contributed by atoms with van der Waals surface area (Å²) in [7, 11) is 0. The Morgan fingerprint density at radius 1 is 1.12 bits per heavy atom. The Kier molecular flexibility index (Phi) is 3.78. The molecule has 2 aromatic rings. The highest BCUT2D eigenvalue weighted by Gasteiger charge is 2.40. The summed E-state index contributed by atoms with van der Waals surface area (Å²) in [6, 6.07) is 5.98.